The van der Waals surface area contributed by atoms with Crippen LogP contribution in [0.1, 0.15) is 230 Å². The first kappa shape index (κ1) is 59.6. The molecule has 0 aromatic rings. The molecule has 3 N–H and O–H groups in total. The molecule has 18 rings (SSSR count). The van der Waals surface area contributed by atoms with E-state index in [1.807, 2.05) is 0 Å². The predicted octanol–water partition coefficient (Wildman–Crippen LogP) is 11.9. The van der Waals surface area contributed by atoms with Gasteiger partial charge in [0, 0.05) is 52.4 Å². The van der Waals surface area contributed by atoms with Crippen molar-refractivity contribution < 1.29 is 63.0 Å². The molecule has 21 atom stereocenters. The summed E-state index contributed by atoms with van der Waals surface area (Å²) in [5.41, 5.74) is -1.50. The van der Waals surface area contributed by atoms with Crippen molar-refractivity contribution in [3.8, 4) is 0 Å². The molecule has 0 radical (unpaired) electrons. The fourth-order valence-electron chi connectivity index (χ4n) is 25.2. The van der Waals surface area contributed by atoms with Crippen LogP contribution >= 0.6 is 0 Å². The van der Waals surface area contributed by atoms with Gasteiger partial charge in [-0.2, -0.15) is 0 Å². The summed E-state index contributed by atoms with van der Waals surface area (Å²) in [6.45, 7) is 18.2. The lowest BCUT2D eigenvalue weighted by molar-refractivity contribution is -0.234. The van der Waals surface area contributed by atoms with Crippen molar-refractivity contribution in [1.29, 1.82) is 0 Å². The summed E-state index contributed by atoms with van der Waals surface area (Å²) in [6.07, 6.45) is 29.0. The standard InChI is InChI=1S/C15H22O3.C14H22O3.C14H22O2.C13H20O3.C13H20O2/c1-7(16)18-15(2)6-9-4-11(15)14-8-3-10(13(9)14)12(17)5-8;1-8(15)17-14(2)4-3-10-11-5-9(6-13(11)16)12(10)7-14;1-9(15)16-14(2)6-5-12-10-3-4-11(7-10)13(12)8-14;1-8(14)16-12(2)10-3-9-4-11(12)7-13(15,5-9)6-10;1-8(14)15-13(2)11-4-9-3-10(6-11)7-12(13)5-9/h8-14,17H,3-6H2,1-2H3;9-13,16H,3-7H2,1-2H3;10-13H,3-8H2,1-2H3;9-11,15H,3-7H2,1-2H3;9-12H,3-7H2,1-2H3. The third-order valence-corrected chi connectivity index (χ3v) is 27.5. The highest BCUT2D eigenvalue weighted by molar-refractivity contribution is 5.68. The zero-order valence-electron chi connectivity index (χ0n) is 51.9. The molecule has 0 spiro atoms. The van der Waals surface area contributed by atoms with Crippen molar-refractivity contribution in [3.05, 3.63) is 0 Å². The van der Waals surface area contributed by atoms with Gasteiger partial charge in [0.15, 0.2) is 0 Å². The summed E-state index contributed by atoms with van der Waals surface area (Å²) < 4.78 is 28.0. The third-order valence-electron chi connectivity index (χ3n) is 27.5. The summed E-state index contributed by atoms with van der Waals surface area (Å²) in [6, 6.07) is 0. The SMILES string of the molecule is CC(=O)OC1(C)C2CC3CC(C2)CC1C3.CC(=O)OC1(C)C2CC3CC1CC(O)(C3)C2.CC(=O)OC1(C)CC2CC1C1C3CC(O)C(C3)C21.CC(=O)OC1(C)CCC2C3CC(CC3O)C2C1.CC(=O)OC1(C)CCC2C3CCC(C3)C2C1. The molecule has 0 aromatic heterocycles. The number of fused-ring (bicyclic) bond motifs is 19. The van der Waals surface area contributed by atoms with Crippen LogP contribution in [0.2, 0.25) is 0 Å². The van der Waals surface area contributed by atoms with Gasteiger partial charge in [-0.15, -0.1) is 0 Å². The van der Waals surface area contributed by atoms with Crippen LogP contribution < -0.4 is 0 Å². The van der Waals surface area contributed by atoms with Crippen LogP contribution in [0.25, 0.3) is 0 Å². The Morgan fingerprint density at radius 2 is 0.829 bits per heavy atom. The number of aliphatic hydroxyl groups excluding tert-OH is 2. The van der Waals surface area contributed by atoms with Crippen LogP contribution in [0.5, 0.6) is 0 Å². The Morgan fingerprint density at radius 1 is 0.366 bits per heavy atom. The molecule has 16 bridgehead atoms. The van der Waals surface area contributed by atoms with Gasteiger partial charge in [-0.1, -0.05) is 0 Å². The van der Waals surface area contributed by atoms with Gasteiger partial charge in [-0.3, -0.25) is 24.0 Å². The molecule has 0 aromatic carbocycles. The lowest BCUT2D eigenvalue weighted by Gasteiger charge is -2.61. The molecule has 18 aliphatic carbocycles. The van der Waals surface area contributed by atoms with Gasteiger partial charge in [0.2, 0.25) is 0 Å². The third kappa shape index (κ3) is 10.9. The minimum absolute atomic E-state index is 0.0458. The Hall–Kier alpha value is -2.77. The van der Waals surface area contributed by atoms with E-state index < -0.39 is 5.60 Å². The second kappa shape index (κ2) is 21.5. The predicted molar refractivity (Wildman–Crippen MR) is 307 cm³/mol. The van der Waals surface area contributed by atoms with E-state index in [-0.39, 0.29) is 70.1 Å². The molecule has 460 valence electrons. The number of aliphatic hydroxyl groups is 3. The van der Waals surface area contributed by atoms with E-state index in [0.29, 0.717) is 76.9 Å². The molecule has 18 saturated carbocycles. The number of carbonyl (C=O) groups excluding carboxylic acids is 5. The first-order chi connectivity index (χ1) is 38.5. The van der Waals surface area contributed by atoms with Gasteiger partial charge in [-0.05, 0) is 302 Å². The summed E-state index contributed by atoms with van der Waals surface area (Å²) in [4.78, 5) is 56.1. The highest BCUT2D eigenvalue weighted by Crippen LogP contribution is 2.71. The van der Waals surface area contributed by atoms with E-state index >= 15 is 0 Å². The number of ether oxygens (including phenoxy) is 5. The van der Waals surface area contributed by atoms with Crippen molar-refractivity contribution in [2.24, 2.45) is 124 Å². The van der Waals surface area contributed by atoms with Gasteiger partial charge < -0.3 is 39.0 Å². The maximum atomic E-state index is 11.3. The highest BCUT2D eigenvalue weighted by atomic mass is 16.6. The zero-order valence-corrected chi connectivity index (χ0v) is 51.9. The van der Waals surface area contributed by atoms with E-state index in [4.69, 9.17) is 23.7 Å². The molecule has 0 saturated heterocycles. The van der Waals surface area contributed by atoms with Crippen molar-refractivity contribution in [3.63, 3.8) is 0 Å². The van der Waals surface area contributed by atoms with Crippen molar-refractivity contribution >= 4 is 29.8 Å². The molecule has 21 unspecified atom stereocenters. The average Bonchev–Trinajstić information content (AvgIpc) is 1.50. The molecule has 18 fully saturated rings. The van der Waals surface area contributed by atoms with Gasteiger partial charge in [0.25, 0.3) is 0 Å². The number of hydrogen-bond acceptors (Lipinski definition) is 13. The first-order valence-electron chi connectivity index (χ1n) is 33.6. The number of hydrogen-bond donors (Lipinski definition) is 3. The maximum absolute atomic E-state index is 11.3. The minimum atomic E-state index is -0.448. The Kier molecular flexibility index (Phi) is 15.6. The second-order valence-electron chi connectivity index (χ2n) is 32.8. The van der Waals surface area contributed by atoms with Crippen molar-refractivity contribution in [2.45, 2.75) is 276 Å². The molecule has 13 heteroatoms. The van der Waals surface area contributed by atoms with Gasteiger partial charge in [-0.25, -0.2) is 0 Å². The fraction of sp³-hybridized carbons (Fsp3) is 0.928. The van der Waals surface area contributed by atoms with Gasteiger partial charge in [0.1, 0.15) is 28.0 Å². The Labute approximate surface area is 490 Å². The molecular formula is C69H106O13. The summed E-state index contributed by atoms with van der Waals surface area (Å²) >= 11 is 0. The minimum Gasteiger partial charge on any atom is -0.460 e. The maximum Gasteiger partial charge on any atom is 0.303 e. The number of rotatable bonds is 5. The quantitative estimate of drug-likeness (QED) is 0.134. The normalized spacial score (nSPS) is 53.8. The fourth-order valence-corrected chi connectivity index (χ4v) is 25.2. The van der Waals surface area contributed by atoms with E-state index in [1.54, 1.807) is 6.92 Å². The van der Waals surface area contributed by atoms with E-state index in [9.17, 15) is 39.3 Å². The molecule has 0 heterocycles. The topological polar surface area (TPSA) is 192 Å². The van der Waals surface area contributed by atoms with E-state index in [2.05, 4.69) is 34.6 Å². The summed E-state index contributed by atoms with van der Waals surface area (Å²) in [7, 11) is 0. The molecule has 18 aliphatic rings. The number of esters is 5. The van der Waals surface area contributed by atoms with Gasteiger partial charge in [0.05, 0.1) is 17.8 Å². The smallest absolute Gasteiger partial charge is 0.303 e. The Bertz CT molecular complexity index is 2410. The molecule has 0 amide bonds. The molecule has 82 heavy (non-hydrogen) atoms. The Morgan fingerprint density at radius 3 is 1.37 bits per heavy atom. The van der Waals surface area contributed by atoms with Crippen molar-refractivity contribution in [1.82, 2.24) is 0 Å². The monoisotopic (exact) mass is 1140 g/mol. The van der Waals surface area contributed by atoms with Crippen LogP contribution in [0, 0.1) is 124 Å². The molecule has 0 aliphatic heterocycles. The Balaban J connectivity index is 0.000000102. The lowest BCUT2D eigenvalue weighted by atomic mass is 9.48. The van der Waals surface area contributed by atoms with Crippen LogP contribution in [0.4, 0.5) is 0 Å². The summed E-state index contributed by atoms with van der Waals surface area (Å²) in [5.74, 6) is 14.2. The summed E-state index contributed by atoms with van der Waals surface area (Å²) in [5, 5.41) is 30.5. The lowest BCUT2D eigenvalue weighted by Crippen LogP contribution is -2.63. The van der Waals surface area contributed by atoms with Crippen LogP contribution in [0.15, 0.2) is 0 Å². The number of carbonyl (C=O) groups is 5. The molecular weight excluding hydrogens is 1040 g/mol. The largest absolute Gasteiger partial charge is 0.460 e. The zero-order chi connectivity index (χ0) is 58.4. The highest BCUT2D eigenvalue weighted by Gasteiger charge is 2.69. The first-order valence-corrected chi connectivity index (χ1v) is 33.6. The average molecular weight is 1140 g/mol. The molecule has 13 nitrogen and oxygen atoms in total. The van der Waals surface area contributed by atoms with E-state index in [1.165, 1.54) is 105 Å². The van der Waals surface area contributed by atoms with Crippen LogP contribution in [0.3, 0.4) is 0 Å². The van der Waals surface area contributed by atoms with Crippen LogP contribution in [-0.4, -0.2) is 91.0 Å². The van der Waals surface area contributed by atoms with E-state index in [0.717, 1.165) is 131 Å². The van der Waals surface area contributed by atoms with Gasteiger partial charge >= 0.3 is 29.8 Å². The second-order valence-corrected chi connectivity index (χ2v) is 32.8. The van der Waals surface area contributed by atoms with Crippen molar-refractivity contribution in [2.75, 3.05) is 0 Å². The van der Waals surface area contributed by atoms with Crippen LogP contribution in [-0.2, 0) is 47.7 Å².